The molecule has 25 nitrogen and oxygen atoms in total. The number of benzene rings is 1. The van der Waals surface area contributed by atoms with Gasteiger partial charge in [-0.2, -0.15) is 0 Å². The Morgan fingerprint density at radius 1 is 0.495 bits per heavy atom. The van der Waals surface area contributed by atoms with Crippen molar-refractivity contribution in [1.82, 2.24) is 0 Å². The third kappa shape index (κ3) is 23.3. The van der Waals surface area contributed by atoms with Crippen LogP contribution in [0.25, 0.3) is 6.08 Å². The first-order valence-corrected chi connectivity index (χ1v) is 36.4. The maximum atomic E-state index is 14.4. The number of carbonyl (C=O) groups excluding carboxylic acids is 4. The first-order valence-electron chi connectivity index (χ1n) is 36.4. The molecule has 0 aromatic heterocycles. The predicted molar refractivity (Wildman–Crippen MR) is 350 cm³/mol. The lowest BCUT2D eigenvalue weighted by atomic mass is 9.95. The van der Waals surface area contributed by atoms with Crippen LogP contribution in [0, 0.1) is 5.92 Å². The molecule has 1 aromatic rings. The molecule has 27 atom stereocenters. The molecule has 97 heavy (non-hydrogen) atoms. The van der Waals surface area contributed by atoms with Crippen LogP contribution in [-0.2, 0) is 85.5 Å². The van der Waals surface area contributed by atoms with E-state index in [1.54, 1.807) is 52.0 Å². The standard InChI is InChI=1S/C72H116O25/c1-10-13-15-16-17-18-21-24-31-37-49(73)90-60-45(8)86-69(58(82)62(60)91-51(75)40-39-47-33-28-26-29-34-47)95-61-46(9)88-72(66(93-67(83)41(4)12-3)65(61)97-68-56(80)54(78)52(76)42(5)84-68)94-59-44(7)87-71-64(57(59)81)92-50(74)38-32-25-22-19-20-23-30-36-48(35-27-14-11-2)89-70-63(96-71)55(79)53(77)43(6)85-70/h26,28-29,33-34,39-46,48,52-66,68-72,76-82H,10-25,27,30-32,35-38H2,1-9H3/b40-39+/t41-,42-,43+,44-,45-,46-,48-,52-,53-,54+,55-,56+,57+,58+,59-,60-,61-,62-,63+,64+,65+,66+,68-,69-,70-,71-,72-/m0/s1. The first kappa shape index (κ1) is 80.5. The summed E-state index contributed by atoms with van der Waals surface area (Å²) in [5.41, 5.74) is 0.670. The van der Waals surface area contributed by atoms with E-state index in [9.17, 15) is 54.9 Å². The molecule has 554 valence electrons. The summed E-state index contributed by atoms with van der Waals surface area (Å²) in [6.45, 7) is 15.3. The fraction of sp³-hybridized carbons (Fsp3) is 0.833. The second-order valence-electron chi connectivity index (χ2n) is 27.5. The van der Waals surface area contributed by atoms with Gasteiger partial charge in [-0.1, -0.05) is 167 Å². The van der Waals surface area contributed by atoms with Crippen LogP contribution < -0.4 is 0 Å². The highest BCUT2D eigenvalue weighted by molar-refractivity contribution is 5.87. The van der Waals surface area contributed by atoms with E-state index in [4.69, 9.17) is 66.3 Å². The van der Waals surface area contributed by atoms with Gasteiger partial charge in [0.05, 0.1) is 42.5 Å². The van der Waals surface area contributed by atoms with Crippen LogP contribution in [0.2, 0.25) is 0 Å². The number of carbonyl (C=O) groups is 4. The van der Waals surface area contributed by atoms with Gasteiger partial charge in [-0.3, -0.25) is 14.4 Å². The van der Waals surface area contributed by atoms with Gasteiger partial charge in [0.15, 0.2) is 55.9 Å². The zero-order valence-corrected chi connectivity index (χ0v) is 58.6. The van der Waals surface area contributed by atoms with E-state index < -0.39 is 183 Å². The average molecular weight is 1380 g/mol. The molecular weight excluding hydrogens is 1260 g/mol. The van der Waals surface area contributed by atoms with Crippen LogP contribution in [-0.4, -0.2) is 219 Å². The van der Waals surface area contributed by atoms with Gasteiger partial charge in [0, 0.05) is 18.9 Å². The quantitative estimate of drug-likeness (QED) is 0.0193. The van der Waals surface area contributed by atoms with Crippen LogP contribution in [0.1, 0.15) is 222 Å². The minimum atomic E-state index is -1.95. The van der Waals surface area contributed by atoms with Crippen LogP contribution in [0.3, 0.4) is 0 Å². The molecule has 6 aliphatic rings. The highest BCUT2D eigenvalue weighted by Gasteiger charge is 2.59. The van der Waals surface area contributed by atoms with Gasteiger partial charge in [0.2, 0.25) is 0 Å². The fourth-order valence-corrected chi connectivity index (χ4v) is 13.3. The molecule has 0 spiro atoms. The summed E-state index contributed by atoms with van der Waals surface area (Å²) in [6.07, 6.45) is -17.0. The molecule has 6 fully saturated rings. The number of hydrogen-bond acceptors (Lipinski definition) is 25. The summed E-state index contributed by atoms with van der Waals surface area (Å²) in [4.78, 5) is 55.8. The van der Waals surface area contributed by atoms with Crippen molar-refractivity contribution in [2.24, 2.45) is 5.92 Å². The van der Waals surface area contributed by atoms with Crippen molar-refractivity contribution in [2.45, 2.75) is 376 Å². The second-order valence-corrected chi connectivity index (χ2v) is 27.5. The zero-order chi connectivity index (χ0) is 70.3. The number of fused-ring (bicyclic) bond motifs is 2. The fourth-order valence-electron chi connectivity index (χ4n) is 13.3. The molecule has 6 aliphatic heterocycles. The maximum Gasteiger partial charge on any atom is 0.331 e. The average Bonchev–Trinajstić information content (AvgIpc) is 0.768. The Kier molecular flexibility index (Phi) is 33.8. The number of hydrogen-bond donors (Lipinski definition) is 7. The topological polar surface area (TPSA) is 339 Å². The molecule has 0 radical (unpaired) electrons. The Hall–Kier alpha value is -3.84. The van der Waals surface area contributed by atoms with E-state index in [0.29, 0.717) is 31.2 Å². The monoisotopic (exact) mass is 1380 g/mol. The number of ether oxygens (including phenoxy) is 14. The highest BCUT2D eigenvalue weighted by atomic mass is 16.8. The van der Waals surface area contributed by atoms with E-state index in [-0.39, 0.29) is 25.4 Å². The van der Waals surface area contributed by atoms with Crippen molar-refractivity contribution < 1.29 is 121 Å². The highest BCUT2D eigenvalue weighted by Crippen LogP contribution is 2.40. The molecule has 0 bridgehead atoms. The Morgan fingerprint density at radius 2 is 1.04 bits per heavy atom. The summed E-state index contributed by atoms with van der Waals surface area (Å²) < 4.78 is 89.5. The van der Waals surface area contributed by atoms with Gasteiger partial charge < -0.3 is 102 Å². The van der Waals surface area contributed by atoms with Crippen molar-refractivity contribution in [3.8, 4) is 0 Å². The van der Waals surface area contributed by atoms with E-state index in [1.165, 1.54) is 39.7 Å². The largest absolute Gasteiger partial charge is 0.455 e. The molecule has 0 amide bonds. The molecule has 7 N–H and O–H groups in total. The molecule has 0 aliphatic carbocycles. The Balaban J connectivity index is 1.20. The second kappa shape index (κ2) is 40.7. The van der Waals surface area contributed by atoms with Crippen LogP contribution in [0.5, 0.6) is 0 Å². The summed E-state index contributed by atoms with van der Waals surface area (Å²) in [5, 5.41) is 81.9. The third-order valence-electron chi connectivity index (χ3n) is 19.6. The smallest absolute Gasteiger partial charge is 0.331 e. The van der Waals surface area contributed by atoms with E-state index in [0.717, 1.165) is 102 Å². The van der Waals surface area contributed by atoms with Gasteiger partial charge in [0.25, 0.3) is 0 Å². The molecule has 7 rings (SSSR count). The molecule has 6 saturated heterocycles. The Bertz CT molecular complexity index is 2490. The van der Waals surface area contributed by atoms with E-state index in [2.05, 4.69) is 13.8 Å². The summed E-state index contributed by atoms with van der Waals surface area (Å²) >= 11 is 0. The number of aliphatic hydroxyl groups is 7. The van der Waals surface area contributed by atoms with E-state index >= 15 is 0 Å². The minimum absolute atomic E-state index is 0.0395. The molecule has 0 saturated carbocycles. The normalized spacial score (nSPS) is 38.5. The van der Waals surface area contributed by atoms with Crippen molar-refractivity contribution in [1.29, 1.82) is 0 Å². The molecule has 0 unspecified atom stereocenters. The minimum Gasteiger partial charge on any atom is -0.455 e. The molecule has 25 heteroatoms. The SMILES string of the molecule is CCCCCCCCCCCC(=O)O[C@@H]1[C@@H](OC(=O)/C=C/c2ccccc2)[C@@H](O)[C@H](O[C@@H]2[C@@H](O[C@@H]3O[C@@H](C)[C@H](O)[C@@H](O)[C@H]3O)[C@@H](OC(=O)[C@@H](C)CC)[C@H](O[C@@H]3[C@@H](O)[C@H]4OC(=O)CCCCCCCCC[C@H](CCCCC)O[C@@H]5O[C@H](C)[C@H](O)[C@H](O)[C@H]5O[C@@H]4O[C@H]3C)O[C@H]2C)O[C@H]1C. The molecule has 6 heterocycles. The van der Waals surface area contributed by atoms with Gasteiger partial charge in [-0.15, -0.1) is 0 Å². The summed E-state index contributed by atoms with van der Waals surface area (Å²) in [5.74, 6) is -3.81. The first-order chi connectivity index (χ1) is 46.5. The molecule has 1 aromatic carbocycles. The van der Waals surface area contributed by atoms with Crippen LogP contribution in [0.4, 0.5) is 0 Å². The number of aliphatic hydroxyl groups excluding tert-OH is 7. The van der Waals surface area contributed by atoms with Crippen molar-refractivity contribution in [3.63, 3.8) is 0 Å². The van der Waals surface area contributed by atoms with Gasteiger partial charge in [-0.05, 0) is 78.4 Å². The van der Waals surface area contributed by atoms with Gasteiger partial charge in [-0.25, -0.2) is 4.79 Å². The van der Waals surface area contributed by atoms with Crippen molar-refractivity contribution in [2.75, 3.05) is 0 Å². The lowest BCUT2D eigenvalue weighted by Crippen LogP contribution is -2.68. The van der Waals surface area contributed by atoms with Crippen LogP contribution in [0.15, 0.2) is 36.4 Å². The number of rotatable bonds is 27. The Labute approximate surface area is 573 Å². The van der Waals surface area contributed by atoms with Gasteiger partial charge >= 0.3 is 23.9 Å². The van der Waals surface area contributed by atoms with Crippen LogP contribution >= 0.6 is 0 Å². The number of unbranched alkanes of at least 4 members (excludes halogenated alkanes) is 10. The van der Waals surface area contributed by atoms with E-state index in [1.807, 2.05) is 6.07 Å². The van der Waals surface area contributed by atoms with Crippen molar-refractivity contribution in [3.05, 3.63) is 42.0 Å². The zero-order valence-electron chi connectivity index (χ0n) is 58.6. The Morgan fingerprint density at radius 3 is 1.73 bits per heavy atom. The predicted octanol–water partition coefficient (Wildman–Crippen LogP) is 7.60. The molecular formula is C72H116O25. The van der Waals surface area contributed by atoms with Gasteiger partial charge in [0.1, 0.15) is 67.1 Å². The summed E-state index contributed by atoms with van der Waals surface area (Å²) in [6, 6.07) is 8.93. The summed E-state index contributed by atoms with van der Waals surface area (Å²) in [7, 11) is 0. The third-order valence-corrected chi connectivity index (χ3v) is 19.6. The lowest BCUT2D eigenvalue weighted by Gasteiger charge is -2.51. The lowest BCUT2D eigenvalue weighted by molar-refractivity contribution is -0.399. The maximum absolute atomic E-state index is 14.4. The number of esters is 4. The van der Waals surface area contributed by atoms with Crippen molar-refractivity contribution >= 4 is 30.0 Å².